The van der Waals surface area contributed by atoms with Gasteiger partial charge in [-0.1, -0.05) is 58.7 Å². The molecule has 3 atom stereocenters. The number of hydrogen-bond acceptors (Lipinski definition) is 9. The highest BCUT2D eigenvalue weighted by Crippen LogP contribution is 2.47. The van der Waals surface area contributed by atoms with Crippen LogP contribution < -0.4 is 4.74 Å². The lowest BCUT2D eigenvalue weighted by Crippen LogP contribution is -2.43. The zero-order chi connectivity index (χ0) is 39.5. The minimum absolute atomic E-state index is 0.0327. The number of hydrazone groups is 1. The molecule has 0 aromatic heterocycles. The largest absolute Gasteiger partial charge is 0.468 e. The van der Waals surface area contributed by atoms with Gasteiger partial charge < -0.3 is 19.0 Å². The summed E-state index contributed by atoms with van der Waals surface area (Å²) in [5, 5.41) is 12.2. The van der Waals surface area contributed by atoms with Gasteiger partial charge in [0.1, 0.15) is 50.4 Å². The Morgan fingerprint density at radius 3 is 2.57 bits per heavy atom. The number of benzene rings is 2. The van der Waals surface area contributed by atoms with Gasteiger partial charge >= 0.3 is 6.02 Å². The van der Waals surface area contributed by atoms with Gasteiger partial charge in [0.2, 0.25) is 0 Å². The SMILES string of the molecule is COCOc1cc(C2=C(F)C3=NC(OC[C@@]45CCCN4C[C@H](F)C5)=NN4CCCC(=C34)[C@H]3CON=C23)c2c(C#C[Si](C(C)C)(C(C)C)C(C)C)c(F)ccc2c1. The number of ether oxygens (including phenoxy) is 3. The Morgan fingerprint density at radius 2 is 1.82 bits per heavy atom. The second-order valence-electron chi connectivity index (χ2n) is 17.0. The third-order valence-electron chi connectivity index (χ3n) is 13.0. The average molecular weight is 788 g/mol. The van der Waals surface area contributed by atoms with Gasteiger partial charge in [0.25, 0.3) is 0 Å². The monoisotopic (exact) mass is 787 g/mol. The maximum atomic E-state index is 18.1. The van der Waals surface area contributed by atoms with E-state index in [1.807, 2.05) is 0 Å². The van der Waals surface area contributed by atoms with Crippen LogP contribution in [0.5, 0.6) is 5.75 Å². The van der Waals surface area contributed by atoms with E-state index in [4.69, 9.17) is 29.1 Å². The molecule has 0 N–H and O–H groups in total. The molecule has 0 amide bonds. The van der Waals surface area contributed by atoms with Gasteiger partial charge in [0.05, 0.1) is 22.7 Å². The molecule has 0 radical (unpaired) electrons. The van der Waals surface area contributed by atoms with E-state index in [1.165, 1.54) is 13.2 Å². The Hall–Kier alpha value is -4.12. The normalized spacial score (nSPS) is 24.8. The van der Waals surface area contributed by atoms with Gasteiger partial charge in [-0.15, -0.1) is 10.6 Å². The molecule has 2 aromatic rings. The molecule has 0 unspecified atom stereocenters. The molecule has 9 nitrogen and oxygen atoms in total. The van der Waals surface area contributed by atoms with E-state index in [-0.39, 0.29) is 42.9 Å². The topological polar surface area (TPSA) is 80.5 Å². The van der Waals surface area contributed by atoms with Crippen LogP contribution in [0.15, 0.2) is 56.6 Å². The van der Waals surface area contributed by atoms with Crippen LogP contribution in [0.2, 0.25) is 16.6 Å². The van der Waals surface area contributed by atoms with Gasteiger partial charge in [0.15, 0.2) is 12.6 Å². The van der Waals surface area contributed by atoms with Crippen LogP contribution in [0.3, 0.4) is 0 Å². The highest BCUT2D eigenvalue weighted by Gasteiger charge is 2.50. The Bertz CT molecular complexity index is 2130. The van der Waals surface area contributed by atoms with Gasteiger partial charge in [-0.05, 0) is 83.6 Å². The van der Waals surface area contributed by atoms with E-state index in [0.29, 0.717) is 76.0 Å². The molecule has 0 bridgehead atoms. The van der Waals surface area contributed by atoms with Crippen molar-refractivity contribution in [2.24, 2.45) is 21.2 Å². The minimum Gasteiger partial charge on any atom is -0.468 e. The lowest BCUT2D eigenvalue weighted by atomic mass is 9.84. The molecule has 0 spiro atoms. The predicted octanol–water partition coefficient (Wildman–Crippen LogP) is 8.90. The fourth-order valence-electron chi connectivity index (χ4n) is 10.5. The van der Waals surface area contributed by atoms with Crippen molar-refractivity contribution >= 4 is 41.9 Å². The molecule has 0 saturated carbocycles. The summed E-state index contributed by atoms with van der Waals surface area (Å²) in [7, 11) is -0.780. The summed E-state index contributed by atoms with van der Waals surface area (Å²) in [6, 6.07) is 6.65. The number of hydrogen-bond donors (Lipinski definition) is 0. The highest BCUT2D eigenvalue weighted by atomic mass is 28.3. The maximum absolute atomic E-state index is 18.1. The standard InChI is InChI=1S/C43H52F3N5O4Si/c1-25(2)56(26(3)4,27(5)6)17-13-32-35(45)12-11-28-18-30(54-24-52-7)19-33(36(28)32)37-38(46)40-41-31(34-22-55-49-39(34)37)10-8-16-51(41)48-42(47-40)53-23-43-14-9-15-50(43)21-29(44)20-43/h11-12,18-19,25-27,29,34H,8-10,14-16,20-24H2,1-7H3/t29-,34-,43+/m1/s1. The van der Waals surface area contributed by atoms with Crippen molar-refractivity contribution in [2.45, 2.75) is 102 Å². The Morgan fingerprint density at radius 1 is 1.04 bits per heavy atom. The average Bonchev–Trinajstić information content (AvgIpc) is 3.86. The second-order valence-corrected chi connectivity index (χ2v) is 22.6. The third kappa shape index (κ3) is 6.36. The maximum Gasteiger partial charge on any atom is 0.334 e. The molecule has 5 aliphatic heterocycles. The van der Waals surface area contributed by atoms with E-state index in [2.05, 4.69) is 63.1 Å². The first kappa shape index (κ1) is 38.7. The number of fused-ring (bicyclic) bond motifs is 4. The van der Waals surface area contributed by atoms with Crippen molar-refractivity contribution in [1.29, 1.82) is 0 Å². The fourth-order valence-corrected chi connectivity index (χ4v) is 15.7. The summed E-state index contributed by atoms with van der Waals surface area (Å²) in [5.41, 5.74) is 6.93. The first-order valence-corrected chi connectivity index (χ1v) is 22.3. The van der Waals surface area contributed by atoms with Crippen LogP contribution in [-0.4, -0.2) is 93.9 Å². The molecule has 56 heavy (non-hydrogen) atoms. The van der Waals surface area contributed by atoms with Crippen molar-refractivity contribution in [3.05, 3.63) is 58.3 Å². The van der Waals surface area contributed by atoms with E-state index in [0.717, 1.165) is 31.4 Å². The lowest BCUT2D eigenvalue weighted by Gasteiger charge is -2.38. The number of nitrogens with zero attached hydrogens (tertiary/aromatic N) is 5. The summed E-state index contributed by atoms with van der Waals surface area (Å²) in [5.74, 6) is 2.25. The quantitative estimate of drug-likeness (QED) is 0.144. The highest BCUT2D eigenvalue weighted by molar-refractivity contribution is 6.90. The second kappa shape index (κ2) is 15.0. The Balaban J connectivity index is 1.33. The molecule has 2 saturated heterocycles. The van der Waals surface area contributed by atoms with Gasteiger partial charge in [-0.3, -0.25) is 9.91 Å². The van der Waals surface area contributed by atoms with Crippen molar-refractivity contribution in [3.63, 3.8) is 0 Å². The molecule has 1 aliphatic carbocycles. The molecular formula is C43H52F3N5O4Si. The third-order valence-corrected chi connectivity index (χ3v) is 19.3. The van der Waals surface area contributed by atoms with E-state index >= 15 is 8.78 Å². The number of amidine groups is 1. The summed E-state index contributed by atoms with van der Waals surface area (Å²) in [6.45, 7) is 15.4. The first-order chi connectivity index (χ1) is 26.9. The van der Waals surface area contributed by atoms with E-state index in [1.54, 1.807) is 23.2 Å². The van der Waals surface area contributed by atoms with Crippen LogP contribution >= 0.6 is 0 Å². The lowest BCUT2D eigenvalue weighted by molar-refractivity contribution is 0.0512. The van der Waals surface area contributed by atoms with Crippen molar-refractivity contribution < 1.29 is 32.2 Å². The number of halogens is 3. The van der Waals surface area contributed by atoms with Gasteiger partial charge in [-0.2, -0.15) is 4.99 Å². The van der Waals surface area contributed by atoms with Crippen LogP contribution in [0.4, 0.5) is 13.2 Å². The fraction of sp³-hybridized carbons (Fsp3) is 0.558. The van der Waals surface area contributed by atoms with Crippen LogP contribution in [0, 0.1) is 23.2 Å². The molecule has 5 heterocycles. The first-order valence-electron chi connectivity index (χ1n) is 20.1. The number of rotatable bonds is 9. The van der Waals surface area contributed by atoms with E-state index in [9.17, 15) is 4.39 Å². The molecule has 8 rings (SSSR count). The van der Waals surface area contributed by atoms with Crippen molar-refractivity contribution in [1.82, 2.24) is 9.91 Å². The predicted molar refractivity (Wildman–Crippen MR) is 216 cm³/mol. The van der Waals surface area contributed by atoms with Crippen LogP contribution in [-0.2, 0) is 14.3 Å². The molecule has 6 aliphatic rings. The van der Waals surface area contributed by atoms with Gasteiger partial charge in [-0.25, -0.2) is 13.2 Å². The van der Waals surface area contributed by atoms with Gasteiger partial charge in [0, 0.05) is 37.6 Å². The van der Waals surface area contributed by atoms with E-state index < -0.39 is 37.3 Å². The summed E-state index contributed by atoms with van der Waals surface area (Å²) < 4.78 is 66.7. The molecule has 298 valence electrons. The molecular weight excluding hydrogens is 736 g/mol. The summed E-state index contributed by atoms with van der Waals surface area (Å²) >= 11 is 0. The van der Waals surface area contributed by atoms with Crippen LogP contribution in [0.25, 0.3) is 16.3 Å². The smallest absolute Gasteiger partial charge is 0.334 e. The number of oxime groups is 1. The number of alkyl halides is 1. The summed E-state index contributed by atoms with van der Waals surface area (Å²) in [6.07, 6.45) is 2.71. The number of aliphatic imine (C=N–C) groups is 1. The summed E-state index contributed by atoms with van der Waals surface area (Å²) in [4.78, 5) is 12.7. The van der Waals surface area contributed by atoms with Crippen molar-refractivity contribution in [2.75, 3.05) is 46.8 Å². The molecule has 2 aromatic carbocycles. The Kier molecular flexibility index (Phi) is 10.4. The molecule has 13 heteroatoms. The van der Waals surface area contributed by atoms with Crippen LogP contribution in [0.1, 0.15) is 84.8 Å². The number of methoxy groups -OCH3 is 1. The minimum atomic E-state index is -2.31. The zero-order valence-electron chi connectivity index (χ0n) is 33.5. The van der Waals surface area contributed by atoms with Crippen molar-refractivity contribution in [3.8, 4) is 17.2 Å². The Labute approximate surface area is 328 Å². The zero-order valence-corrected chi connectivity index (χ0v) is 34.5. The number of allylic oxidation sites excluding steroid dienone is 2. The molecule has 2 fully saturated rings.